The molecule has 0 aromatic carbocycles. The summed E-state index contributed by atoms with van der Waals surface area (Å²) in [5.41, 5.74) is 10.4. The molecule has 12 nitrogen and oxygen atoms in total. The van der Waals surface area contributed by atoms with E-state index < -0.39 is 36.1 Å². The molecule has 0 aliphatic heterocycles. The zero-order valence-electron chi connectivity index (χ0n) is 12.9. The number of urea groups is 1. The number of aliphatic hydroxyl groups is 1. The molecule has 8 N–H and O–H groups in total. The molecule has 1 aromatic heterocycles. The van der Waals surface area contributed by atoms with Crippen molar-refractivity contribution >= 4 is 17.9 Å². The van der Waals surface area contributed by atoms with Crippen LogP contribution in [-0.4, -0.2) is 50.4 Å². The number of nitrogens with zero attached hydrogens (tertiary/aromatic N) is 2. The Balaban J connectivity index is 2.81. The van der Waals surface area contributed by atoms with Crippen LogP contribution in [0.5, 0.6) is 0 Å². The molecule has 1 aromatic rings. The summed E-state index contributed by atoms with van der Waals surface area (Å²) in [5, 5.41) is 26.4. The first-order chi connectivity index (χ1) is 11.2. The van der Waals surface area contributed by atoms with Gasteiger partial charge in [-0.05, 0) is 13.3 Å². The highest BCUT2D eigenvalue weighted by Crippen LogP contribution is 2.16. The number of nitrogens with one attached hydrogen (secondary N) is 2. The van der Waals surface area contributed by atoms with E-state index in [1.807, 2.05) is 0 Å². The summed E-state index contributed by atoms with van der Waals surface area (Å²) < 4.78 is 4.95. The fourth-order valence-electron chi connectivity index (χ4n) is 1.77. The number of hydrogen-bond acceptors (Lipinski definition) is 8. The van der Waals surface area contributed by atoms with Gasteiger partial charge in [-0.1, -0.05) is 5.16 Å². The van der Waals surface area contributed by atoms with Crippen LogP contribution < -0.4 is 22.1 Å². The number of aliphatic hydroxyl groups excluding tert-OH is 1. The van der Waals surface area contributed by atoms with Crippen LogP contribution in [0, 0.1) is 0 Å². The lowest BCUT2D eigenvalue weighted by atomic mass is 10.1. The average molecular weight is 344 g/mol. The minimum atomic E-state index is -1.51. The number of amides is 3. The number of hydrogen-bond donors (Lipinski definition) is 6. The van der Waals surface area contributed by atoms with Crippen LogP contribution in [0.3, 0.4) is 0 Å². The number of rotatable bonds is 9. The normalized spacial score (nSPS) is 14.5. The molecule has 2 unspecified atom stereocenters. The zero-order chi connectivity index (χ0) is 18.3. The number of aromatic nitrogens is 2. The first-order valence-corrected chi connectivity index (χ1v) is 7.03. The maximum absolute atomic E-state index is 11.9. The topological polar surface area (TPSA) is 207 Å². The van der Waals surface area contributed by atoms with Crippen molar-refractivity contribution in [3.63, 3.8) is 0 Å². The molecule has 134 valence electrons. The van der Waals surface area contributed by atoms with Gasteiger partial charge in [0.05, 0.1) is 12.6 Å². The third-order valence-electron chi connectivity index (χ3n) is 2.98. The summed E-state index contributed by atoms with van der Waals surface area (Å²) in [6.45, 7) is 1.23. The van der Waals surface area contributed by atoms with Crippen LogP contribution in [0.4, 0.5) is 4.79 Å². The predicted molar refractivity (Wildman–Crippen MR) is 78.1 cm³/mol. The summed E-state index contributed by atoms with van der Waals surface area (Å²) in [6.07, 6.45) is -1.34. The van der Waals surface area contributed by atoms with Crippen molar-refractivity contribution < 1.29 is 29.1 Å². The molecule has 0 saturated carbocycles. The summed E-state index contributed by atoms with van der Waals surface area (Å²) in [5.74, 6) is -1.82. The van der Waals surface area contributed by atoms with Gasteiger partial charge in [-0.3, -0.25) is 4.79 Å². The van der Waals surface area contributed by atoms with Crippen molar-refractivity contribution in [2.24, 2.45) is 11.5 Å². The van der Waals surface area contributed by atoms with Gasteiger partial charge in [0.15, 0.2) is 11.9 Å². The van der Waals surface area contributed by atoms with Crippen molar-refractivity contribution in [2.75, 3.05) is 0 Å². The minimum Gasteiger partial charge on any atom is -0.480 e. The highest BCUT2D eigenvalue weighted by Gasteiger charge is 2.27. The molecule has 0 aliphatic rings. The quantitative estimate of drug-likeness (QED) is 0.291. The first-order valence-electron chi connectivity index (χ1n) is 7.03. The van der Waals surface area contributed by atoms with E-state index in [9.17, 15) is 19.5 Å². The predicted octanol–water partition coefficient (Wildman–Crippen LogP) is -2.03. The highest BCUT2D eigenvalue weighted by molar-refractivity contribution is 5.83. The van der Waals surface area contributed by atoms with Gasteiger partial charge >= 0.3 is 12.0 Å². The number of aliphatic carboxylic acids is 1. The third kappa shape index (κ3) is 5.81. The number of carboxylic acids is 1. The average Bonchev–Trinajstić information content (AvgIpc) is 2.97. The maximum Gasteiger partial charge on any atom is 0.328 e. The number of nitrogens with two attached hydrogens (primary N) is 2. The van der Waals surface area contributed by atoms with Crippen LogP contribution in [0.25, 0.3) is 0 Å². The fourth-order valence-corrected chi connectivity index (χ4v) is 1.77. The van der Waals surface area contributed by atoms with Crippen molar-refractivity contribution in [2.45, 2.75) is 44.5 Å². The lowest BCUT2D eigenvalue weighted by Gasteiger charge is -2.20. The van der Waals surface area contributed by atoms with E-state index in [0.717, 1.165) is 0 Å². The molecule has 0 fully saturated rings. The Morgan fingerprint density at radius 3 is 2.46 bits per heavy atom. The Labute approximate surface area is 136 Å². The molecule has 1 heterocycles. The van der Waals surface area contributed by atoms with E-state index in [4.69, 9.17) is 21.1 Å². The van der Waals surface area contributed by atoms with Gasteiger partial charge in [-0.2, -0.15) is 4.98 Å². The van der Waals surface area contributed by atoms with E-state index in [-0.39, 0.29) is 31.1 Å². The van der Waals surface area contributed by atoms with Crippen LogP contribution >= 0.6 is 0 Å². The monoisotopic (exact) mass is 344 g/mol. The van der Waals surface area contributed by atoms with E-state index in [1.165, 1.54) is 6.92 Å². The van der Waals surface area contributed by atoms with Crippen LogP contribution in [-0.2, 0) is 16.1 Å². The van der Waals surface area contributed by atoms with Gasteiger partial charge in [0.25, 0.3) is 0 Å². The van der Waals surface area contributed by atoms with Crippen molar-refractivity contribution in [3.8, 4) is 0 Å². The van der Waals surface area contributed by atoms with Gasteiger partial charge in [0, 0.05) is 6.42 Å². The number of carbonyl (C=O) groups excluding carboxylic acids is 2. The SMILES string of the molecule is CC(O)C(NC(=O)N[C@H](CCC(N)=O)c1nc(CN)no1)C(=O)O. The summed E-state index contributed by atoms with van der Waals surface area (Å²) in [4.78, 5) is 37.8. The molecular formula is C12H20N6O6. The van der Waals surface area contributed by atoms with E-state index >= 15 is 0 Å². The Hall–Kier alpha value is -2.73. The minimum absolute atomic E-state index is 0.00391. The molecular weight excluding hydrogens is 324 g/mol. The molecule has 0 spiro atoms. The van der Waals surface area contributed by atoms with Crippen LogP contribution in [0.15, 0.2) is 4.52 Å². The van der Waals surface area contributed by atoms with Crippen molar-refractivity contribution in [1.82, 2.24) is 20.8 Å². The Kier molecular flexibility index (Phi) is 7.07. The molecule has 0 bridgehead atoms. The molecule has 12 heteroatoms. The second kappa shape index (κ2) is 8.79. The standard InChI is InChI=1S/C12H20N6O6/c1-5(19)9(11(21)22)17-12(23)15-6(2-3-7(14)20)10-16-8(4-13)18-24-10/h5-6,9,19H,2-4,13H2,1H3,(H2,14,20)(H,21,22)(H2,15,17,23)/t5?,6-,9?/m1/s1. The first kappa shape index (κ1) is 19.3. The summed E-state index contributed by atoms with van der Waals surface area (Å²) in [6, 6.07) is -3.29. The Morgan fingerprint density at radius 1 is 1.33 bits per heavy atom. The van der Waals surface area contributed by atoms with E-state index in [2.05, 4.69) is 20.8 Å². The maximum atomic E-state index is 11.9. The van der Waals surface area contributed by atoms with Crippen molar-refractivity contribution in [1.29, 1.82) is 0 Å². The highest BCUT2D eigenvalue weighted by atomic mass is 16.5. The number of carboxylic acid groups (broad SMARTS) is 1. The zero-order valence-corrected chi connectivity index (χ0v) is 12.9. The molecule has 1 rings (SSSR count). The van der Waals surface area contributed by atoms with E-state index in [1.54, 1.807) is 0 Å². The lowest BCUT2D eigenvalue weighted by Crippen LogP contribution is -2.51. The molecule has 24 heavy (non-hydrogen) atoms. The second-order valence-corrected chi connectivity index (χ2v) is 4.98. The van der Waals surface area contributed by atoms with Gasteiger partial charge in [-0.15, -0.1) is 0 Å². The van der Waals surface area contributed by atoms with Gasteiger partial charge in [0.2, 0.25) is 11.8 Å². The van der Waals surface area contributed by atoms with Gasteiger partial charge < -0.3 is 36.8 Å². The van der Waals surface area contributed by atoms with Crippen LogP contribution in [0.2, 0.25) is 0 Å². The van der Waals surface area contributed by atoms with Crippen molar-refractivity contribution in [3.05, 3.63) is 11.7 Å². The lowest BCUT2D eigenvalue weighted by molar-refractivity contribution is -0.141. The summed E-state index contributed by atoms with van der Waals surface area (Å²) in [7, 11) is 0. The Bertz CT molecular complexity index is 588. The smallest absolute Gasteiger partial charge is 0.328 e. The number of primary amides is 1. The Morgan fingerprint density at radius 2 is 2.00 bits per heavy atom. The largest absolute Gasteiger partial charge is 0.480 e. The second-order valence-electron chi connectivity index (χ2n) is 4.98. The number of carbonyl (C=O) groups is 3. The van der Waals surface area contributed by atoms with E-state index in [0.29, 0.717) is 0 Å². The van der Waals surface area contributed by atoms with Gasteiger partial charge in [-0.25, -0.2) is 9.59 Å². The molecule has 0 radical (unpaired) electrons. The molecule has 3 amide bonds. The fraction of sp³-hybridized carbons (Fsp3) is 0.583. The van der Waals surface area contributed by atoms with Gasteiger partial charge in [0.1, 0.15) is 6.04 Å². The van der Waals surface area contributed by atoms with Crippen LogP contribution in [0.1, 0.15) is 37.5 Å². The molecule has 0 saturated heterocycles. The third-order valence-corrected chi connectivity index (χ3v) is 2.98. The molecule has 0 aliphatic carbocycles. The molecule has 3 atom stereocenters. The summed E-state index contributed by atoms with van der Waals surface area (Å²) >= 11 is 0.